The highest BCUT2D eigenvalue weighted by atomic mass is 79.9. The number of hydrogen-bond acceptors (Lipinski definition) is 2. The zero-order valence-electron chi connectivity index (χ0n) is 11.0. The van der Waals surface area contributed by atoms with E-state index in [-0.39, 0.29) is 17.5 Å². The summed E-state index contributed by atoms with van der Waals surface area (Å²) in [6, 6.07) is 3.49. The number of carbonyl (C=O) groups is 2. The molecule has 0 aliphatic carbocycles. The lowest BCUT2D eigenvalue weighted by Crippen LogP contribution is -2.47. The van der Waals surface area contributed by atoms with E-state index in [4.69, 9.17) is 0 Å². The average molecular weight is 331 g/mol. The van der Waals surface area contributed by atoms with Crippen molar-refractivity contribution in [3.63, 3.8) is 0 Å². The maximum absolute atomic E-state index is 13.6. The molecule has 0 radical (unpaired) electrons. The predicted molar refractivity (Wildman–Crippen MR) is 74.3 cm³/mol. The largest absolute Gasteiger partial charge is 0.352 e. The van der Waals surface area contributed by atoms with Crippen molar-refractivity contribution >= 4 is 27.7 Å². The van der Waals surface area contributed by atoms with Crippen LogP contribution in [0.4, 0.5) is 4.39 Å². The van der Waals surface area contributed by atoms with Gasteiger partial charge in [0.15, 0.2) is 0 Å². The fourth-order valence-corrected chi connectivity index (χ4v) is 1.98. The second-order valence-corrected chi connectivity index (χ2v) is 5.31. The predicted octanol–water partition coefficient (Wildman–Crippen LogP) is 2.23. The van der Waals surface area contributed by atoms with Gasteiger partial charge in [-0.1, -0.05) is 6.07 Å². The van der Waals surface area contributed by atoms with Crippen molar-refractivity contribution in [3.8, 4) is 0 Å². The van der Waals surface area contributed by atoms with Gasteiger partial charge in [-0.15, -0.1) is 0 Å². The molecule has 2 N–H and O–H groups in total. The first-order valence-electron chi connectivity index (χ1n) is 5.88. The molecule has 0 saturated heterocycles. The molecular formula is C13H16BrFN2O2. The van der Waals surface area contributed by atoms with Gasteiger partial charge in [0, 0.05) is 10.5 Å². The van der Waals surface area contributed by atoms with Crippen molar-refractivity contribution < 1.29 is 14.0 Å². The minimum atomic E-state index is -0.735. The average Bonchev–Trinajstić information content (AvgIpc) is 2.27. The summed E-state index contributed by atoms with van der Waals surface area (Å²) >= 11 is 3.11. The van der Waals surface area contributed by atoms with Crippen LogP contribution in [0.25, 0.3) is 0 Å². The van der Waals surface area contributed by atoms with Gasteiger partial charge in [0.1, 0.15) is 11.9 Å². The van der Waals surface area contributed by atoms with Crippen molar-refractivity contribution in [1.29, 1.82) is 0 Å². The molecule has 0 aliphatic rings. The maximum atomic E-state index is 13.6. The fraction of sp³-hybridized carbons (Fsp3) is 0.385. The molecule has 0 spiro atoms. The monoisotopic (exact) mass is 330 g/mol. The molecule has 104 valence electrons. The molecule has 1 aromatic rings. The number of nitrogens with one attached hydrogen (secondary N) is 2. The number of rotatable bonds is 4. The van der Waals surface area contributed by atoms with E-state index < -0.39 is 17.8 Å². The van der Waals surface area contributed by atoms with Crippen molar-refractivity contribution in [2.24, 2.45) is 0 Å². The summed E-state index contributed by atoms with van der Waals surface area (Å²) in [7, 11) is 0. The molecule has 1 atom stereocenters. The van der Waals surface area contributed by atoms with Gasteiger partial charge >= 0.3 is 0 Å². The highest BCUT2D eigenvalue weighted by Crippen LogP contribution is 2.19. The van der Waals surface area contributed by atoms with Gasteiger partial charge in [0.25, 0.3) is 5.91 Å². The molecular weight excluding hydrogens is 315 g/mol. The number of benzene rings is 1. The van der Waals surface area contributed by atoms with Crippen LogP contribution in [-0.2, 0) is 4.79 Å². The minimum Gasteiger partial charge on any atom is -0.352 e. The molecule has 0 bridgehead atoms. The first-order chi connectivity index (χ1) is 8.82. The Kier molecular flexibility index (Phi) is 5.47. The molecule has 1 aromatic carbocycles. The Morgan fingerprint density at radius 2 is 1.84 bits per heavy atom. The maximum Gasteiger partial charge on any atom is 0.256 e. The van der Waals surface area contributed by atoms with E-state index in [0.717, 1.165) is 0 Å². The molecule has 0 saturated carbocycles. The third-order valence-corrected chi connectivity index (χ3v) is 3.02. The van der Waals surface area contributed by atoms with Gasteiger partial charge in [0.05, 0.1) is 5.56 Å². The van der Waals surface area contributed by atoms with Crippen molar-refractivity contribution in [3.05, 3.63) is 34.1 Å². The van der Waals surface area contributed by atoms with Crippen molar-refractivity contribution in [2.75, 3.05) is 0 Å². The second kappa shape index (κ2) is 6.65. The summed E-state index contributed by atoms with van der Waals surface area (Å²) < 4.78 is 13.9. The molecule has 0 fully saturated rings. The van der Waals surface area contributed by atoms with E-state index in [1.807, 2.05) is 13.8 Å². The van der Waals surface area contributed by atoms with Crippen LogP contribution in [-0.4, -0.2) is 23.9 Å². The normalized spacial score (nSPS) is 12.1. The van der Waals surface area contributed by atoms with Gasteiger partial charge in [-0.05, 0) is 48.8 Å². The number of hydrogen-bond donors (Lipinski definition) is 2. The van der Waals surface area contributed by atoms with Crippen LogP contribution >= 0.6 is 15.9 Å². The number of halogens is 2. The first-order valence-corrected chi connectivity index (χ1v) is 6.67. The van der Waals surface area contributed by atoms with Crippen LogP contribution in [0.15, 0.2) is 22.7 Å². The summed E-state index contributed by atoms with van der Waals surface area (Å²) in [4.78, 5) is 23.6. The van der Waals surface area contributed by atoms with Crippen LogP contribution in [0, 0.1) is 5.82 Å². The van der Waals surface area contributed by atoms with Crippen LogP contribution in [0.5, 0.6) is 0 Å². The van der Waals surface area contributed by atoms with Crippen molar-refractivity contribution in [1.82, 2.24) is 10.6 Å². The Morgan fingerprint density at radius 3 is 2.37 bits per heavy atom. The molecule has 6 heteroatoms. The third-order valence-electron chi connectivity index (χ3n) is 2.36. The van der Waals surface area contributed by atoms with E-state index in [1.165, 1.54) is 12.1 Å². The lowest BCUT2D eigenvalue weighted by Gasteiger charge is -2.16. The Morgan fingerprint density at radius 1 is 1.21 bits per heavy atom. The number of amides is 2. The van der Waals surface area contributed by atoms with Crippen LogP contribution in [0.2, 0.25) is 0 Å². The van der Waals surface area contributed by atoms with E-state index in [0.29, 0.717) is 4.47 Å². The summed E-state index contributed by atoms with van der Waals surface area (Å²) in [5.41, 5.74) is -0.105. The van der Waals surface area contributed by atoms with E-state index in [2.05, 4.69) is 26.6 Å². The zero-order valence-corrected chi connectivity index (χ0v) is 12.5. The molecule has 2 amide bonds. The fourth-order valence-electron chi connectivity index (χ4n) is 1.46. The van der Waals surface area contributed by atoms with E-state index in [1.54, 1.807) is 13.0 Å². The van der Waals surface area contributed by atoms with Crippen LogP contribution in [0.3, 0.4) is 0 Å². The molecule has 1 rings (SSSR count). The van der Waals surface area contributed by atoms with Gasteiger partial charge in [-0.25, -0.2) is 4.39 Å². The summed E-state index contributed by atoms with van der Waals surface area (Å²) in [5.74, 6) is -1.57. The highest BCUT2D eigenvalue weighted by Gasteiger charge is 2.20. The molecule has 4 nitrogen and oxygen atoms in total. The minimum absolute atomic E-state index is 0.0213. The lowest BCUT2D eigenvalue weighted by atomic mass is 10.2. The smallest absolute Gasteiger partial charge is 0.256 e. The van der Waals surface area contributed by atoms with Gasteiger partial charge in [-0.2, -0.15) is 0 Å². The van der Waals surface area contributed by atoms with E-state index >= 15 is 0 Å². The topological polar surface area (TPSA) is 58.2 Å². The standard InChI is InChI=1S/C13H16BrFN2O2/c1-7(2)16-12(18)8(3)17-13(19)11-9(14)5-4-6-10(11)15/h4-8H,1-3H3,(H,16,18)(H,17,19). The second-order valence-electron chi connectivity index (χ2n) is 4.46. The molecule has 1 unspecified atom stereocenters. The Hall–Kier alpha value is -1.43. The van der Waals surface area contributed by atoms with Crippen molar-refractivity contribution in [2.45, 2.75) is 32.9 Å². The quantitative estimate of drug-likeness (QED) is 0.889. The third kappa shape index (κ3) is 4.31. The van der Waals surface area contributed by atoms with Crippen LogP contribution < -0.4 is 10.6 Å². The van der Waals surface area contributed by atoms with Gasteiger partial charge < -0.3 is 10.6 Å². The Balaban J connectivity index is 2.77. The Labute approximate surface area is 119 Å². The molecule has 0 aliphatic heterocycles. The molecule has 0 heterocycles. The summed E-state index contributed by atoms with van der Waals surface area (Å²) in [6.45, 7) is 5.18. The van der Waals surface area contributed by atoms with E-state index in [9.17, 15) is 14.0 Å². The lowest BCUT2D eigenvalue weighted by molar-refractivity contribution is -0.123. The van der Waals surface area contributed by atoms with Gasteiger partial charge in [0.2, 0.25) is 5.91 Å². The summed E-state index contributed by atoms with van der Waals surface area (Å²) in [6.07, 6.45) is 0. The Bertz CT molecular complexity index is 471. The summed E-state index contributed by atoms with van der Waals surface area (Å²) in [5, 5.41) is 5.13. The van der Waals surface area contributed by atoms with Gasteiger partial charge in [-0.3, -0.25) is 9.59 Å². The highest BCUT2D eigenvalue weighted by molar-refractivity contribution is 9.10. The number of carbonyl (C=O) groups excluding carboxylic acids is 2. The molecule has 19 heavy (non-hydrogen) atoms. The first kappa shape index (κ1) is 15.6. The SMILES string of the molecule is CC(C)NC(=O)C(C)NC(=O)c1c(F)cccc1Br. The zero-order chi connectivity index (χ0) is 14.6. The molecule has 0 aromatic heterocycles. The van der Waals surface area contributed by atoms with Crippen LogP contribution in [0.1, 0.15) is 31.1 Å².